The molecule has 1 aromatic carbocycles. The van der Waals surface area contributed by atoms with Gasteiger partial charge in [-0.15, -0.1) is 0 Å². The van der Waals surface area contributed by atoms with Gasteiger partial charge in [0.2, 0.25) is 5.43 Å². The lowest BCUT2D eigenvalue weighted by atomic mass is 10.1. The predicted molar refractivity (Wildman–Crippen MR) is 92.6 cm³/mol. The molecule has 2 aromatic heterocycles. The van der Waals surface area contributed by atoms with E-state index >= 15 is 0 Å². The molecule has 140 valence electrons. The van der Waals surface area contributed by atoms with Crippen molar-refractivity contribution >= 4 is 34.2 Å². The van der Waals surface area contributed by atoms with E-state index in [-0.39, 0.29) is 29.0 Å². The molecule has 0 fully saturated rings. The van der Waals surface area contributed by atoms with Crippen molar-refractivity contribution in [3.05, 3.63) is 62.8 Å². The zero-order chi connectivity index (χ0) is 19.9. The third kappa shape index (κ3) is 3.10. The van der Waals surface area contributed by atoms with Gasteiger partial charge < -0.3 is 10.5 Å². The summed E-state index contributed by atoms with van der Waals surface area (Å²) in [5.41, 5.74) is 3.61. The van der Waals surface area contributed by atoms with E-state index in [1.165, 1.54) is 6.92 Å². The molecule has 0 spiro atoms. The number of anilines is 1. The average Bonchev–Trinajstić information content (AvgIpc) is 2.63. The van der Waals surface area contributed by atoms with Crippen LogP contribution in [0, 0.1) is 17.5 Å². The van der Waals surface area contributed by atoms with Crippen molar-refractivity contribution in [2.24, 2.45) is 0 Å². The molecule has 0 aliphatic heterocycles. The summed E-state index contributed by atoms with van der Waals surface area (Å²) in [6.45, 7) is 1.52. The molecular formula is C17H11ClF3N3O3. The van der Waals surface area contributed by atoms with Crippen LogP contribution in [0.1, 0.15) is 17.3 Å². The fraction of sp³-hybridized carbons (Fsp3) is 0.118. The van der Waals surface area contributed by atoms with Gasteiger partial charge in [-0.1, -0.05) is 11.6 Å². The van der Waals surface area contributed by atoms with Gasteiger partial charge in [-0.05, 0) is 13.0 Å². The van der Waals surface area contributed by atoms with E-state index in [2.05, 4.69) is 4.98 Å². The van der Waals surface area contributed by atoms with E-state index in [9.17, 15) is 22.8 Å². The molecule has 0 radical (unpaired) electrons. The highest BCUT2D eigenvalue weighted by Gasteiger charge is 2.23. The van der Waals surface area contributed by atoms with Crippen LogP contribution in [0.3, 0.4) is 0 Å². The lowest BCUT2D eigenvalue weighted by Gasteiger charge is -2.15. The number of aromatic nitrogens is 2. The lowest BCUT2D eigenvalue weighted by Crippen LogP contribution is -2.21. The highest BCUT2D eigenvalue weighted by Crippen LogP contribution is 2.29. The zero-order valence-corrected chi connectivity index (χ0v) is 14.5. The summed E-state index contributed by atoms with van der Waals surface area (Å²) >= 11 is 5.90. The first-order valence-corrected chi connectivity index (χ1v) is 7.95. The fourth-order valence-corrected chi connectivity index (χ4v) is 2.78. The number of hydrogen-bond acceptors (Lipinski definition) is 5. The highest BCUT2D eigenvalue weighted by molar-refractivity contribution is 6.35. The number of rotatable bonds is 3. The van der Waals surface area contributed by atoms with Gasteiger partial charge in [0, 0.05) is 12.3 Å². The zero-order valence-electron chi connectivity index (χ0n) is 13.7. The average molecular weight is 398 g/mol. The molecule has 0 aliphatic rings. The number of carbonyl (C=O) groups excluding carboxylic acids is 1. The van der Waals surface area contributed by atoms with Gasteiger partial charge in [0.1, 0.15) is 16.4 Å². The number of nitrogens with zero attached hydrogens (tertiary/aromatic N) is 2. The Morgan fingerprint density at radius 3 is 2.63 bits per heavy atom. The summed E-state index contributed by atoms with van der Waals surface area (Å²) in [6, 6.07) is 1.71. The predicted octanol–water partition coefficient (Wildman–Crippen LogP) is 3.22. The van der Waals surface area contributed by atoms with Crippen molar-refractivity contribution in [2.45, 2.75) is 6.92 Å². The molecule has 2 N–H and O–H groups in total. The third-order valence-electron chi connectivity index (χ3n) is 3.74. The summed E-state index contributed by atoms with van der Waals surface area (Å²) in [7, 11) is 0. The van der Waals surface area contributed by atoms with Crippen molar-refractivity contribution in [1.82, 2.24) is 9.55 Å². The molecule has 6 nitrogen and oxygen atoms in total. The van der Waals surface area contributed by atoms with Gasteiger partial charge in [-0.2, -0.15) is 0 Å². The van der Waals surface area contributed by atoms with Crippen LogP contribution in [0.25, 0.3) is 16.7 Å². The third-order valence-corrected chi connectivity index (χ3v) is 4.08. The quantitative estimate of drug-likeness (QED) is 0.541. The SMILES string of the molecule is CCOC(=O)c1cn(-c2cc(N)c(F)cn2)c2c(Cl)c(F)c(F)cc2c1=O. The number of esters is 1. The smallest absolute Gasteiger partial charge is 0.343 e. The fourth-order valence-electron chi connectivity index (χ4n) is 2.50. The van der Waals surface area contributed by atoms with Crippen LogP contribution in [0.15, 0.2) is 29.3 Å². The Kier molecular flexibility index (Phi) is 4.79. The summed E-state index contributed by atoms with van der Waals surface area (Å²) < 4.78 is 47.1. The molecular weight excluding hydrogens is 387 g/mol. The number of carbonyl (C=O) groups is 1. The van der Waals surface area contributed by atoms with Gasteiger partial charge >= 0.3 is 5.97 Å². The minimum atomic E-state index is -1.39. The number of nitrogens with two attached hydrogens (primary N) is 1. The minimum Gasteiger partial charge on any atom is -0.462 e. The van der Waals surface area contributed by atoms with E-state index in [0.717, 1.165) is 23.0 Å². The van der Waals surface area contributed by atoms with Gasteiger partial charge in [0.05, 0.1) is 29.4 Å². The molecule has 2 heterocycles. The Balaban J connectivity index is 2.48. The number of ether oxygens (including phenoxy) is 1. The van der Waals surface area contributed by atoms with Crippen LogP contribution in [-0.4, -0.2) is 22.1 Å². The van der Waals surface area contributed by atoms with Crippen LogP contribution in [0.2, 0.25) is 5.02 Å². The number of pyridine rings is 2. The molecule has 0 saturated heterocycles. The Morgan fingerprint density at radius 2 is 2.00 bits per heavy atom. The van der Waals surface area contributed by atoms with Crippen LogP contribution < -0.4 is 11.2 Å². The highest BCUT2D eigenvalue weighted by atomic mass is 35.5. The van der Waals surface area contributed by atoms with E-state index < -0.39 is 39.4 Å². The number of fused-ring (bicyclic) bond motifs is 1. The van der Waals surface area contributed by atoms with Gasteiger partial charge in [0.15, 0.2) is 17.5 Å². The number of nitrogen functional groups attached to an aromatic ring is 1. The first-order chi connectivity index (χ1) is 12.8. The largest absolute Gasteiger partial charge is 0.462 e. The number of hydrogen-bond donors (Lipinski definition) is 1. The molecule has 0 saturated carbocycles. The first kappa shape index (κ1) is 18.7. The molecule has 10 heteroatoms. The van der Waals surface area contributed by atoms with E-state index in [1.807, 2.05) is 0 Å². The summed E-state index contributed by atoms with van der Waals surface area (Å²) in [5.74, 6) is -4.62. The van der Waals surface area contributed by atoms with E-state index in [4.69, 9.17) is 22.1 Å². The molecule has 3 rings (SSSR count). The first-order valence-electron chi connectivity index (χ1n) is 7.57. The Bertz CT molecular complexity index is 1150. The van der Waals surface area contributed by atoms with Gasteiger partial charge in [-0.3, -0.25) is 9.36 Å². The monoisotopic (exact) mass is 397 g/mol. The number of benzene rings is 1. The Morgan fingerprint density at radius 1 is 1.30 bits per heavy atom. The van der Waals surface area contributed by atoms with E-state index in [1.54, 1.807) is 0 Å². The molecule has 0 atom stereocenters. The maximum Gasteiger partial charge on any atom is 0.343 e. The topological polar surface area (TPSA) is 87.2 Å². The second-order valence-electron chi connectivity index (χ2n) is 5.41. The van der Waals surface area contributed by atoms with E-state index in [0.29, 0.717) is 6.07 Å². The van der Waals surface area contributed by atoms with Crippen molar-refractivity contribution < 1.29 is 22.7 Å². The van der Waals surface area contributed by atoms with Crippen LogP contribution in [0.4, 0.5) is 18.9 Å². The minimum absolute atomic E-state index is 0.0173. The second-order valence-corrected chi connectivity index (χ2v) is 5.79. The van der Waals surface area contributed by atoms with Gasteiger partial charge in [0.25, 0.3) is 0 Å². The summed E-state index contributed by atoms with van der Waals surface area (Å²) in [5, 5.41) is -1.09. The molecule has 3 aromatic rings. The van der Waals surface area contributed by atoms with Crippen molar-refractivity contribution in [1.29, 1.82) is 0 Å². The molecule has 0 bridgehead atoms. The Hall–Kier alpha value is -3.07. The van der Waals surface area contributed by atoms with Crippen molar-refractivity contribution in [2.75, 3.05) is 12.3 Å². The second kappa shape index (κ2) is 6.92. The summed E-state index contributed by atoms with van der Waals surface area (Å²) in [4.78, 5) is 28.5. The maximum absolute atomic E-state index is 14.0. The normalized spacial score (nSPS) is 11.0. The molecule has 0 amide bonds. The van der Waals surface area contributed by atoms with Crippen LogP contribution >= 0.6 is 11.6 Å². The van der Waals surface area contributed by atoms with Crippen LogP contribution in [-0.2, 0) is 4.74 Å². The molecule has 27 heavy (non-hydrogen) atoms. The maximum atomic E-state index is 14.0. The lowest BCUT2D eigenvalue weighted by molar-refractivity contribution is 0.0524. The van der Waals surface area contributed by atoms with Crippen molar-refractivity contribution in [3.8, 4) is 5.82 Å². The number of halogens is 4. The standard InChI is InChI=1S/C17H11ClF3N3O3/c1-2-27-17(26)8-6-24(12-4-11(22)10(20)5-23-12)15-7(16(8)25)3-9(19)14(21)13(15)18/h3-6H,2H2,1H3,(H2,22,23). The molecule has 0 unspecified atom stereocenters. The molecule has 0 aliphatic carbocycles. The summed E-state index contributed by atoms with van der Waals surface area (Å²) in [6.07, 6.45) is 1.80. The van der Waals surface area contributed by atoms with Gasteiger partial charge in [-0.25, -0.2) is 22.9 Å². The van der Waals surface area contributed by atoms with Crippen LogP contribution in [0.5, 0.6) is 0 Å². The Labute approximate surface area is 154 Å². The van der Waals surface area contributed by atoms with Crippen molar-refractivity contribution in [3.63, 3.8) is 0 Å².